The average molecular weight is 389 g/mol. The molecule has 0 saturated carbocycles. The second kappa shape index (κ2) is 6.81. The van der Waals surface area contributed by atoms with Crippen molar-refractivity contribution in [1.82, 2.24) is 19.4 Å². The van der Waals surface area contributed by atoms with Gasteiger partial charge in [-0.3, -0.25) is 9.78 Å². The van der Waals surface area contributed by atoms with Gasteiger partial charge in [0.25, 0.3) is 5.91 Å². The van der Waals surface area contributed by atoms with Crippen molar-refractivity contribution in [3.63, 3.8) is 0 Å². The third-order valence-electron chi connectivity index (χ3n) is 4.99. The molecule has 0 bridgehead atoms. The highest BCUT2D eigenvalue weighted by atomic mass is 19.4. The van der Waals surface area contributed by atoms with Crippen molar-refractivity contribution < 1.29 is 18.0 Å². The number of amides is 1. The van der Waals surface area contributed by atoms with Crippen molar-refractivity contribution in [3.05, 3.63) is 54.2 Å². The second-order valence-corrected chi connectivity index (χ2v) is 6.73. The number of fused-ring (bicyclic) bond motifs is 1. The van der Waals surface area contributed by atoms with E-state index in [4.69, 9.17) is 0 Å². The van der Waals surface area contributed by atoms with Gasteiger partial charge in [0.15, 0.2) is 0 Å². The van der Waals surface area contributed by atoms with Crippen molar-refractivity contribution in [2.45, 2.75) is 6.18 Å². The number of alkyl halides is 3. The van der Waals surface area contributed by atoms with Crippen molar-refractivity contribution >= 4 is 22.5 Å². The highest BCUT2D eigenvalue weighted by Crippen LogP contribution is 2.33. The Hall–Kier alpha value is -3.10. The van der Waals surface area contributed by atoms with Crippen LogP contribution in [-0.4, -0.2) is 51.5 Å². The van der Waals surface area contributed by atoms with Gasteiger partial charge in [-0.25, -0.2) is 4.98 Å². The van der Waals surface area contributed by atoms with E-state index in [0.29, 0.717) is 42.8 Å². The molecule has 6 nitrogen and oxygen atoms in total. The topological polar surface area (TPSA) is 54.3 Å². The number of aryl methyl sites for hydroxylation is 1. The maximum Gasteiger partial charge on any atom is 0.416 e. The van der Waals surface area contributed by atoms with Crippen molar-refractivity contribution in [3.8, 4) is 0 Å². The molecule has 146 valence electrons. The Bertz CT molecular complexity index is 1020. The molecule has 1 saturated heterocycles. The quantitative estimate of drug-likeness (QED) is 0.676. The zero-order valence-corrected chi connectivity index (χ0v) is 15.1. The maximum atomic E-state index is 13.0. The lowest BCUT2D eigenvalue weighted by molar-refractivity contribution is -0.137. The summed E-state index contributed by atoms with van der Waals surface area (Å²) >= 11 is 0. The monoisotopic (exact) mass is 389 g/mol. The Morgan fingerprint density at radius 1 is 1.11 bits per heavy atom. The molecule has 0 radical (unpaired) electrons. The third-order valence-corrected chi connectivity index (χ3v) is 4.99. The molecular formula is C19H18F3N5O. The number of aromatic nitrogens is 3. The fourth-order valence-corrected chi connectivity index (χ4v) is 3.46. The van der Waals surface area contributed by atoms with Crippen LogP contribution in [-0.2, 0) is 13.2 Å². The van der Waals surface area contributed by atoms with Crippen LogP contribution < -0.4 is 4.90 Å². The van der Waals surface area contributed by atoms with Gasteiger partial charge in [-0.05, 0) is 18.2 Å². The SMILES string of the molecule is Cn1cncc1C(=O)N1CCN(c2ccnc3cc(C(F)(F)F)ccc23)CC1. The highest BCUT2D eigenvalue weighted by Gasteiger charge is 2.31. The highest BCUT2D eigenvalue weighted by molar-refractivity contribution is 5.93. The van der Waals surface area contributed by atoms with Crippen LogP contribution >= 0.6 is 0 Å². The first-order valence-corrected chi connectivity index (χ1v) is 8.81. The summed E-state index contributed by atoms with van der Waals surface area (Å²) in [5.41, 5.74) is 0.950. The Labute approximate surface area is 159 Å². The lowest BCUT2D eigenvalue weighted by atomic mass is 10.1. The summed E-state index contributed by atoms with van der Waals surface area (Å²) < 4.78 is 40.5. The van der Waals surface area contributed by atoms with E-state index >= 15 is 0 Å². The van der Waals surface area contributed by atoms with E-state index in [1.807, 2.05) is 0 Å². The molecule has 28 heavy (non-hydrogen) atoms. The molecule has 1 aliphatic rings. The molecule has 0 aliphatic carbocycles. The minimum absolute atomic E-state index is 0.0749. The van der Waals surface area contributed by atoms with E-state index in [1.54, 1.807) is 35.1 Å². The first-order chi connectivity index (χ1) is 13.3. The summed E-state index contributed by atoms with van der Waals surface area (Å²) in [6, 6.07) is 5.42. The molecule has 1 fully saturated rings. The van der Waals surface area contributed by atoms with Crippen LogP contribution in [0.4, 0.5) is 18.9 Å². The molecule has 9 heteroatoms. The smallest absolute Gasteiger partial charge is 0.367 e. The number of piperazine rings is 1. The zero-order chi connectivity index (χ0) is 19.9. The lowest BCUT2D eigenvalue weighted by Gasteiger charge is -2.36. The molecule has 1 aromatic carbocycles. The van der Waals surface area contributed by atoms with Crippen LogP contribution in [0.3, 0.4) is 0 Å². The molecule has 0 atom stereocenters. The van der Waals surface area contributed by atoms with Crippen molar-refractivity contribution in [1.29, 1.82) is 0 Å². The van der Waals surface area contributed by atoms with Crippen molar-refractivity contribution in [2.24, 2.45) is 7.05 Å². The van der Waals surface area contributed by atoms with Crippen LogP contribution in [0.2, 0.25) is 0 Å². The molecule has 0 unspecified atom stereocenters. The average Bonchev–Trinajstić information content (AvgIpc) is 3.12. The fraction of sp³-hybridized carbons (Fsp3) is 0.316. The molecular weight excluding hydrogens is 371 g/mol. The molecule has 3 aromatic rings. The van der Waals surface area contributed by atoms with E-state index in [0.717, 1.165) is 17.8 Å². The van der Waals surface area contributed by atoms with Crippen molar-refractivity contribution in [2.75, 3.05) is 31.1 Å². The van der Waals surface area contributed by atoms with E-state index in [9.17, 15) is 18.0 Å². The molecule has 2 aromatic heterocycles. The Kier molecular flexibility index (Phi) is 4.44. The van der Waals surface area contributed by atoms with Gasteiger partial charge in [-0.1, -0.05) is 6.07 Å². The van der Waals surface area contributed by atoms with Gasteiger partial charge in [0, 0.05) is 50.5 Å². The molecule has 3 heterocycles. The summed E-state index contributed by atoms with van der Waals surface area (Å²) in [5.74, 6) is -0.0749. The van der Waals surface area contributed by atoms with Crippen LogP contribution in [0.25, 0.3) is 10.9 Å². The predicted octanol–water partition coefficient (Wildman–Crippen LogP) is 2.95. The molecule has 0 N–H and O–H groups in total. The number of imidazole rings is 1. The van der Waals surface area contributed by atoms with Crippen LogP contribution in [0.1, 0.15) is 16.1 Å². The molecule has 0 spiro atoms. The first-order valence-electron chi connectivity index (χ1n) is 8.81. The van der Waals surface area contributed by atoms with Crippen LogP contribution in [0.5, 0.6) is 0 Å². The van der Waals surface area contributed by atoms with E-state index in [-0.39, 0.29) is 5.91 Å². The van der Waals surface area contributed by atoms with Gasteiger partial charge in [-0.2, -0.15) is 13.2 Å². The number of rotatable bonds is 2. The number of pyridine rings is 1. The molecule has 4 rings (SSSR count). The van der Waals surface area contributed by atoms with Gasteiger partial charge in [0.2, 0.25) is 0 Å². The van der Waals surface area contributed by atoms with Gasteiger partial charge >= 0.3 is 6.18 Å². The fourth-order valence-electron chi connectivity index (χ4n) is 3.46. The minimum Gasteiger partial charge on any atom is -0.367 e. The number of nitrogens with zero attached hydrogens (tertiary/aromatic N) is 5. The first kappa shape index (κ1) is 18.3. The Balaban J connectivity index is 1.54. The zero-order valence-electron chi connectivity index (χ0n) is 15.1. The number of anilines is 1. The summed E-state index contributed by atoms with van der Waals surface area (Å²) in [5, 5.41) is 0.668. The van der Waals surface area contributed by atoms with Gasteiger partial charge < -0.3 is 14.4 Å². The summed E-state index contributed by atoms with van der Waals surface area (Å²) in [4.78, 5) is 24.5. The number of hydrogen-bond acceptors (Lipinski definition) is 4. The van der Waals surface area contributed by atoms with Crippen LogP contribution in [0.15, 0.2) is 43.0 Å². The number of carbonyl (C=O) groups is 1. The van der Waals surface area contributed by atoms with Crippen LogP contribution in [0, 0.1) is 0 Å². The molecule has 1 aliphatic heterocycles. The van der Waals surface area contributed by atoms with Gasteiger partial charge in [0.05, 0.1) is 23.6 Å². The van der Waals surface area contributed by atoms with E-state index < -0.39 is 11.7 Å². The number of halogens is 3. The Morgan fingerprint density at radius 2 is 1.86 bits per heavy atom. The Morgan fingerprint density at radius 3 is 2.50 bits per heavy atom. The number of hydrogen-bond donors (Lipinski definition) is 0. The minimum atomic E-state index is -4.40. The maximum absolute atomic E-state index is 13.0. The van der Waals surface area contributed by atoms with Gasteiger partial charge in [-0.15, -0.1) is 0 Å². The summed E-state index contributed by atoms with van der Waals surface area (Å²) in [7, 11) is 1.77. The second-order valence-electron chi connectivity index (χ2n) is 6.73. The largest absolute Gasteiger partial charge is 0.416 e. The number of carbonyl (C=O) groups excluding carboxylic acids is 1. The van der Waals surface area contributed by atoms with E-state index in [2.05, 4.69) is 14.9 Å². The molecule has 1 amide bonds. The standard InChI is InChI=1S/C19H18F3N5O/c1-25-12-23-11-17(25)18(28)27-8-6-26(7-9-27)16-4-5-24-15-10-13(19(20,21)22)2-3-14(15)16/h2-5,10-12H,6-9H2,1H3. The third kappa shape index (κ3) is 3.28. The lowest BCUT2D eigenvalue weighted by Crippen LogP contribution is -2.49. The summed E-state index contributed by atoms with van der Waals surface area (Å²) in [6.07, 6.45) is 0.250. The van der Waals surface area contributed by atoms with Gasteiger partial charge in [0.1, 0.15) is 5.69 Å². The van der Waals surface area contributed by atoms with E-state index in [1.165, 1.54) is 12.3 Å². The predicted molar refractivity (Wildman–Crippen MR) is 98.1 cm³/mol. The normalized spacial score (nSPS) is 15.3. The summed E-state index contributed by atoms with van der Waals surface area (Å²) in [6.45, 7) is 2.22. The number of benzene rings is 1.